The third-order valence-corrected chi connectivity index (χ3v) is 2.57. The molecule has 1 heterocycles. The molecule has 0 aliphatic rings. The Morgan fingerprint density at radius 2 is 2.33 bits per heavy atom. The highest BCUT2D eigenvalue weighted by Gasteiger charge is 2.02. The number of pyridine rings is 1. The smallest absolute Gasteiger partial charge is 0.0410 e. The van der Waals surface area contributed by atoms with Gasteiger partial charge in [0.25, 0.3) is 0 Å². The van der Waals surface area contributed by atoms with Gasteiger partial charge in [-0.05, 0) is 39.9 Å². The van der Waals surface area contributed by atoms with Crippen LogP contribution in [0.1, 0.15) is 12.5 Å². The van der Waals surface area contributed by atoms with Gasteiger partial charge in [0, 0.05) is 22.7 Å². The molecule has 0 N–H and O–H groups in total. The zero-order valence-electron chi connectivity index (χ0n) is 6.93. The molecule has 0 spiro atoms. The van der Waals surface area contributed by atoms with E-state index in [1.165, 1.54) is 5.56 Å². The average Bonchev–Trinajstić information content (AvgIpc) is 2.04. The van der Waals surface area contributed by atoms with E-state index in [0.717, 1.165) is 10.9 Å². The van der Waals surface area contributed by atoms with E-state index in [9.17, 15) is 0 Å². The second kappa shape index (κ2) is 4.83. The highest BCUT2D eigenvalue weighted by molar-refractivity contribution is 9.10. The number of nitrogens with zero attached hydrogens (tertiary/aromatic N) is 1. The SMILES string of the molecule is CC(CCl)Cc1cncc(Br)c1. The first kappa shape index (κ1) is 10.0. The summed E-state index contributed by atoms with van der Waals surface area (Å²) in [4.78, 5) is 4.08. The maximum absolute atomic E-state index is 5.71. The van der Waals surface area contributed by atoms with Crippen LogP contribution in [0.25, 0.3) is 0 Å². The first-order chi connectivity index (χ1) is 5.72. The van der Waals surface area contributed by atoms with Crippen LogP contribution >= 0.6 is 27.5 Å². The van der Waals surface area contributed by atoms with Crippen molar-refractivity contribution >= 4 is 27.5 Å². The molecule has 1 atom stereocenters. The summed E-state index contributed by atoms with van der Waals surface area (Å²) in [6.45, 7) is 2.13. The molecule has 0 amide bonds. The summed E-state index contributed by atoms with van der Waals surface area (Å²) >= 11 is 9.09. The van der Waals surface area contributed by atoms with Crippen LogP contribution < -0.4 is 0 Å². The van der Waals surface area contributed by atoms with E-state index in [4.69, 9.17) is 11.6 Å². The minimum Gasteiger partial charge on any atom is -0.263 e. The number of hydrogen-bond donors (Lipinski definition) is 0. The van der Waals surface area contributed by atoms with Crippen molar-refractivity contribution in [1.82, 2.24) is 4.98 Å². The Labute approximate surface area is 86.3 Å². The quantitative estimate of drug-likeness (QED) is 0.748. The van der Waals surface area contributed by atoms with Gasteiger partial charge in [-0.25, -0.2) is 0 Å². The molecule has 0 radical (unpaired) electrons. The van der Waals surface area contributed by atoms with Crippen LogP contribution in [0.3, 0.4) is 0 Å². The summed E-state index contributed by atoms with van der Waals surface area (Å²) in [5.41, 5.74) is 1.23. The van der Waals surface area contributed by atoms with E-state index in [1.54, 1.807) is 6.20 Å². The van der Waals surface area contributed by atoms with Crippen molar-refractivity contribution in [3.05, 3.63) is 28.5 Å². The number of alkyl halides is 1. The van der Waals surface area contributed by atoms with Gasteiger partial charge in [-0.3, -0.25) is 4.98 Å². The minimum atomic E-state index is 0.516. The van der Waals surface area contributed by atoms with Gasteiger partial charge in [-0.15, -0.1) is 11.6 Å². The van der Waals surface area contributed by atoms with Crippen LogP contribution in [0.2, 0.25) is 0 Å². The predicted molar refractivity (Wildman–Crippen MR) is 55.5 cm³/mol. The molecule has 66 valence electrons. The molecule has 0 aliphatic heterocycles. The summed E-state index contributed by atoms with van der Waals surface area (Å²) in [7, 11) is 0. The molecule has 1 rings (SSSR count). The highest BCUT2D eigenvalue weighted by Crippen LogP contribution is 2.13. The highest BCUT2D eigenvalue weighted by atomic mass is 79.9. The van der Waals surface area contributed by atoms with Gasteiger partial charge in [0.2, 0.25) is 0 Å². The van der Waals surface area contributed by atoms with Crippen molar-refractivity contribution in [3.8, 4) is 0 Å². The lowest BCUT2D eigenvalue weighted by molar-refractivity contribution is 0.652. The summed E-state index contributed by atoms with van der Waals surface area (Å²) in [5.74, 6) is 1.22. The fourth-order valence-corrected chi connectivity index (χ4v) is 1.55. The zero-order chi connectivity index (χ0) is 8.97. The molecule has 0 aromatic carbocycles. The fraction of sp³-hybridized carbons (Fsp3) is 0.444. The Hall–Kier alpha value is -0.0800. The van der Waals surface area contributed by atoms with E-state index >= 15 is 0 Å². The van der Waals surface area contributed by atoms with Gasteiger partial charge in [-0.2, -0.15) is 0 Å². The van der Waals surface area contributed by atoms with E-state index in [2.05, 4.69) is 33.9 Å². The molecular formula is C9H11BrClN. The van der Waals surface area contributed by atoms with Gasteiger partial charge in [0.1, 0.15) is 0 Å². The Balaban J connectivity index is 2.63. The summed E-state index contributed by atoms with van der Waals surface area (Å²) in [6.07, 6.45) is 4.67. The van der Waals surface area contributed by atoms with Gasteiger partial charge in [-0.1, -0.05) is 6.92 Å². The van der Waals surface area contributed by atoms with Crippen LogP contribution in [-0.2, 0) is 6.42 Å². The first-order valence-corrected chi connectivity index (χ1v) is 5.20. The fourth-order valence-electron chi connectivity index (χ4n) is 1.02. The molecule has 0 saturated carbocycles. The number of aromatic nitrogens is 1. The molecule has 0 saturated heterocycles. The van der Waals surface area contributed by atoms with Crippen molar-refractivity contribution in [1.29, 1.82) is 0 Å². The second-order valence-corrected chi connectivity index (χ2v) is 4.20. The Kier molecular flexibility index (Phi) is 4.02. The first-order valence-electron chi connectivity index (χ1n) is 3.87. The van der Waals surface area contributed by atoms with Crippen LogP contribution in [0.4, 0.5) is 0 Å². The lowest BCUT2D eigenvalue weighted by Crippen LogP contribution is -2.01. The number of hydrogen-bond acceptors (Lipinski definition) is 1. The van der Waals surface area contributed by atoms with E-state index < -0.39 is 0 Å². The maximum atomic E-state index is 5.71. The molecule has 0 fully saturated rings. The van der Waals surface area contributed by atoms with E-state index in [0.29, 0.717) is 11.8 Å². The van der Waals surface area contributed by atoms with E-state index in [1.807, 2.05) is 6.20 Å². The van der Waals surface area contributed by atoms with Gasteiger partial charge < -0.3 is 0 Å². The predicted octanol–water partition coefficient (Wildman–Crippen LogP) is 3.26. The largest absolute Gasteiger partial charge is 0.263 e. The third-order valence-electron chi connectivity index (χ3n) is 1.61. The zero-order valence-corrected chi connectivity index (χ0v) is 9.27. The Morgan fingerprint density at radius 1 is 1.58 bits per heavy atom. The Bertz CT molecular complexity index is 252. The molecule has 3 heteroatoms. The van der Waals surface area contributed by atoms with Gasteiger partial charge in [0.05, 0.1) is 0 Å². The summed E-state index contributed by atoms with van der Waals surface area (Å²) < 4.78 is 1.03. The summed E-state index contributed by atoms with van der Waals surface area (Å²) in [6, 6.07) is 2.08. The van der Waals surface area contributed by atoms with Crippen molar-refractivity contribution in [2.75, 3.05) is 5.88 Å². The number of halogens is 2. The standard InChI is InChI=1S/C9H11BrClN/c1-7(4-11)2-8-3-9(10)6-12-5-8/h3,5-7H,2,4H2,1H3. The van der Waals surface area contributed by atoms with Crippen LogP contribution in [0, 0.1) is 5.92 Å². The van der Waals surface area contributed by atoms with Crippen molar-refractivity contribution in [3.63, 3.8) is 0 Å². The lowest BCUT2D eigenvalue weighted by atomic mass is 10.1. The minimum absolute atomic E-state index is 0.516. The summed E-state index contributed by atoms with van der Waals surface area (Å²) in [5, 5.41) is 0. The number of rotatable bonds is 3. The molecule has 0 aliphatic carbocycles. The van der Waals surface area contributed by atoms with Gasteiger partial charge in [0.15, 0.2) is 0 Å². The Morgan fingerprint density at radius 3 is 2.92 bits per heavy atom. The van der Waals surface area contributed by atoms with Crippen LogP contribution in [-0.4, -0.2) is 10.9 Å². The van der Waals surface area contributed by atoms with Crippen molar-refractivity contribution < 1.29 is 0 Å². The van der Waals surface area contributed by atoms with Crippen molar-refractivity contribution in [2.24, 2.45) is 5.92 Å². The van der Waals surface area contributed by atoms with E-state index in [-0.39, 0.29) is 0 Å². The monoisotopic (exact) mass is 247 g/mol. The average molecular weight is 249 g/mol. The second-order valence-electron chi connectivity index (χ2n) is 2.98. The molecule has 1 nitrogen and oxygen atoms in total. The molecule has 1 aromatic rings. The third kappa shape index (κ3) is 3.11. The topological polar surface area (TPSA) is 12.9 Å². The lowest BCUT2D eigenvalue weighted by Gasteiger charge is -2.06. The molecule has 12 heavy (non-hydrogen) atoms. The normalized spacial score (nSPS) is 12.9. The van der Waals surface area contributed by atoms with Crippen LogP contribution in [0.5, 0.6) is 0 Å². The molecule has 1 unspecified atom stereocenters. The maximum Gasteiger partial charge on any atom is 0.0410 e. The molecule has 1 aromatic heterocycles. The van der Waals surface area contributed by atoms with Gasteiger partial charge >= 0.3 is 0 Å². The van der Waals surface area contributed by atoms with Crippen molar-refractivity contribution in [2.45, 2.75) is 13.3 Å². The molecular weight excluding hydrogens is 237 g/mol. The molecule has 0 bridgehead atoms. The van der Waals surface area contributed by atoms with Crippen LogP contribution in [0.15, 0.2) is 22.9 Å².